The first-order chi connectivity index (χ1) is 8.34. The number of halogens is 1. The molecule has 3 nitrogen and oxygen atoms in total. The summed E-state index contributed by atoms with van der Waals surface area (Å²) in [6, 6.07) is 4.49. The van der Waals surface area contributed by atoms with E-state index < -0.39 is 0 Å². The molecule has 0 saturated carbocycles. The van der Waals surface area contributed by atoms with E-state index in [1.54, 1.807) is 0 Å². The molecule has 2 fully saturated rings. The third-order valence-electron chi connectivity index (χ3n) is 3.46. The van der Waals surface area contributed by atoms with Crippen LogP contribution in [-0.4, -0.2) is 53.6 Å². The molecule has 92 valence electrons. The largest absolute Gasteiger partial charge is 0.352 e. The quantitative estimate of drug-likeness (QED) is 0.817. The zero-order valence-corrected chi connectivity index (χ0v) is 11.3. The smallest absolute Gasteiger partial charge is 0.147 e. The van der Waals surface area contributed by atoms with E-state index >= 15 is 0 Å². The van der Waals surface area contributed by atoms with Gasteiger partial charge in [0.25, 0.3) is 0 Å². The fraction of sp³-hybridized carbons (Fsp3) is 0.583. The van der Waals surface area contributed by atoms with Crippen molar-refractivity contribution in [3.63, 3.8) is 0 Å². The van der Waals surface area contributed by atoms with Gasteiger partial charge in [0, 0.05) is 49.9 Å². The molecule has 0 radical (unpaired) electrons. The highest BCUT2D eigenvalue weighted by Crippen LogP contribution is 2.28. The Hall–Kier alpha value is -0.450. The van der Waals surface area contributed by atoms with Crippen molar-refractivity contribution in [3.05, 3.63) is 23.4 Å². The minimum absolute atomic E-state index is 0.703. The summed E-state index contributed by atoms with van der Waals surface area (Å²) in [5.41, 5.74) is 0. The molecule has 1 aromatic heterocycles. The average Bonchev–Trinajstić information content (AvgIpc) is 2.31. The van der Waals surface area contributed by atoms with E-state index in [-0.39, 0.29) is 0 Å². The number of nitrogens with zero attached hydrogens (tertiary/aromatic N) is 3. The normalized spacial score (nSPS) is 22.5. The first kappa shape index (κ1) is 11.6. The zero-order valence-electron chi connectivity index (χ0n) is 9.68. The minimum atomic E-state index is 0.703. The summed E-state index contributed by atoms with van der Waals surface area (Å²) < 4.78 is 0. The van der Waals surface area contributed by atoms with E-state index in [1.165, 1.54) is 24.6 Å². The molecule has 5 heteroatoms. The molecule has 1 aromatic rings. The molecule has 2 aliphatic heterocycles. The van der Waals surface area contributed by atoms with Gasteiger partial charge in [-0.1, -0.05) is 11.6 Å². The van der Waals surface area contributed by atoms with E-state index in [1.807, 2.05) is 18.3 Å². The maximum Gasteiger partial charge on any atom is 0.147 e. The Morgan fingerprint density at radius 3 is 2.76 bits per heavy atom. The van der Waals surface area contributed by atoms with Gasteiger partial charge in [0.2, 0.25) is 0 Å². The second-order valence-electron chi connectivity index (χ2n) is 4.52. The van der Waals surface area contributed by atoms with Gasteiger partial charge in [0.1, 0.15) is 5.82 Å². The molecule has 0 atom stereocenters. The lowest BCUT2D eigenvalue weighted by Crippen LogP contribution is -2.61. The molecule has 3 rings (SSSR count). The van der Waals surface area contributed by atoms with Crippen molar-refractivity contribution in [2.24, 2.45) is 0 Å². The Kier molecular flexibility index (Phi) is 3.45. The summed E-state index contributed by atoms with van der Waals surface area (Å²) in [5.74, 6) is 3.50. The van der Waals surface area contributed by atoms with E-state index in [9.17, 15) is 0 Å². The number of pyridine rings is 1. The maximum absolute atomic E-state index is 6.14. The molecule has 0 spiro atoms. The van der Waals surface area contributed by atoms with Crippen LogP contribution in [0, 0.1) is 0 Å². The summed E-state index contributed by atoms with van der Waals surface area (Å²) in [5, 5.41) is 0.764. The van der Waals surface area contributed by atoms with Crippen LogP contribution in [0.2, 0.25) is 5.02 Å². The SMILES string of the molecule is Clc1cccnc1N1CC(N2CCSCC2)C1. The van der Waals surface area contributed by atoms with Gasteiger partial charge in [-0.2, -0.15) is 11.8 Å². The van der Waals surface area contributed by atoms with Gasteiger partial charge in [-0.25, -0.2) is 4.98 Å². The molecule has 3 heterocycles. The fourth-order valence-corrected chi connectivity index (χ4v) is 3.58. The van der Waals surface area contributed by atoms with Crippen LogP contribution in [-0.2, 0) is 0 Å². The molecule has 0 bridgehead atoms. The van der Waals surface area contributed by atoms with E-state index in [0.29, 0.717) is 6.04 Å². The van der Waals surface area contributed by atoms with Gasteiger partial charge in [-0.3, -0.25) is 4.90 Å². The second-order valence-corrected chi connectivity index (χ2v) is 6.15. The van der Waals surface area contributed by atoms with Crippen LogP contribution in [0.3, 0.4) is 0 Å². The minimum Gasteiger partial charge on any atom is -0.352 e. The van der Waals surface area contributed by atoms with Crippen LogP contribution < -0.4 is 4.90 Å². The molecule has 0 amide bonds. The van der Waals surface area contributed by atoms with Crippen LogP contribution in [0.5, 0.6) is 0 Å². The standard InChI is InChI=1S/C12H16ClN3S/c13-11-2-1-3-14-12(11)16-8-10(9-16)15-4-6-17-7-5-15/h1-3,10H,4-9H2. The summed E-state index contributed by atoms with van der Waals surface area (Å²) in [6.45, 7) is 4.61. The third-order valence-corrected chi connectivity index (χ3v) is 4.70. The van der Waals surface area contributed by atoms with Gasteiger partial charge in [0.05, 0.1) is 5.02 Å². The van der Waals surface area contributed by atoms with Crippen LogP contribution in [0.4, 0.5) is 5.82 Å². The maximum atomic E-state index is 6.14. The number of thioether (sulfide) groups is 1. The van der Waals surface area contributed by atoms with Crippen molar-refractivity contribution in [1.82, 2.24) is 9.88 Å². The van der Waals surface area contributed by atoms with Crippen LogP contribution in [0.15, 0.2) is 18.3 Å². The highest BCUT2D eigenvalue weighted by molar-refractivity contribution is 7.99. The molecule has 0 aromatic carbocycles. The van der Waals surface area contributed by atoms with Crippen LogP contribution in [0.25, 0.3) is 0 Å². The van der Waals surface area contributed by atoms with Gasteiger partial charge in [0.15, 0.2) is 0 Å². The predicted octanol–water partition coefficient (Wildman–Crippen LogP) is 1.97. The Bertz CT molecular complexity index is 389. The van der Waals surface area contributed by atoms with Gasteiger partial charge < -0.3 is 4.90 Å². The predicted molar refractivity (Wildman–Crippen MR) is 74.1 cm³/mol. The summed E-state index contributed by atoms with van der Waals surface area (Å²) in [4.78, 5) is 9.22. The number of anilines is 1. The summed E-state index contributed by atoms with van der Waals surface area (Å²) in [6.07, 6.45) is 1.81. The Labute approximate surface area is 111 Å². The highest BCUT2D eigenvalue weighted by Gasteiger charge is 2.33. The van der Waals surface area contributed by atoms with Crippen molar-refractivity contribution in [2.45, 2.75) is 6.04 Å². The lowest BCUT2D eigenvalue weighted by atomic mass is 10.1. The summed E-state index contributed by atoms with van der Waals surface area (Å²) >= 11 is 8.21. The Balaban J connectivity index is 1.59. The van der Waals surface area contributed by atoms with Gasteiger partial charge >= 0.3 is 0 Å². The van der Waals surface area contributed by atoms with Crippen molar-refractivity contribution < 1.29 is 0 Å². The number of hydrogen-bond acceptors (Lipinski definition) is 4. The highest BCUT2D eigenvalue weighted by atomic mass is 35.5. The van der Waals surface area contributed by atoms with Gasteiger partial charge in [-0.15, -0.1) is 0 Å². The molecule has 0 aliphatic carbocycles. The van der Waals surface area contributed by atoms with Crippen molar-refractivity contribution in [3.8, 4) is 0 Å². The number of rotatable bonds is 2. The Morgan fingerprint density at radius 2 is 2.06 bits per heavy atom. The van der Waals surface area contributed by atoms with Crippen LogP contribution in [0.1, 0.15) is 0 Å². The van der Waals surface area contributed by atoms with Crippen molar-refractivity contribution >= 4 is 29.2 Å². The van der Waals surface area contributed by atoms with E-state index in [4.69, 9.17) is 11.6 Å². The molecule has 2 aliphatic rings. The molecule has 2 saturated heterocycles. The average molecular weight is 270 g/mol. The summed E-state index contributed by atoms with van der Waals surface area (Å²) in [7, 11) is 0. The zero-order chi connectivity index (χ0) is 11.7. The number of hydrogen-bond donors (Lipinski definition) is 0. The van der Waals surface area contributed by atoms with Crippen molar-refractivity contribution in [1.29, 1.82) is 0 Å². The molecular formula is C12H16ClN3S. The van der Waals surface area contributed by atoms with Gasteiger partial charge in [-0.05, 0) is 12.1 Å². The van der Waals surface area contributed by atoms with Crippen LogP contribution >= 0.6 is 23.4 Å². The molecule has 0 unspecified atom stereocenters. The first-order valence-electron chi connectivity index (χ1n) is 6.02. The topological polar surface area (TPSA) is 19.4 Å². The second kappa shape index (κ2) is 5.04. The monoisotopic (exact) mass is 269 g/mol. The first-order valence-corrected chi connectivity index (χ1v) is 7.55. The molecule has 0 N–H and O–H groups in total. The lowest BCUT2D eigenvalue weighted by Gasteiger charge is -2.47. The molecular weight excluding hydrogens is 254 g/mol. The molecule has 17 heavy (non-hydrogen) atoms. The van der Waals surface area contributed by atoms with E-state index in [2.05, 4.69) is 26.5 Å². The lowest BCUT2D eigenvalue weighted by molar-refractivity contribution is 0.182. The van der Waals surface area contributed by atoms with Crippen molar-refractivity contribution in [2.75, 3.05) is 42.6 Å². The fourth-order valence-electron chi connectivity index (χ4n) is 2.41. The Morgan fingerprint density at radius 1 is 1.29 bits per heavy atom. The number of aromatic nitrogens is 1. The van der Waals surface area contributed by atoms with E-state index in [0.717, 1.165) is 23.9 Å². The third kappa shape index (κ3) is 2.39.